The van der Waals surface area contributed by atoms with E-state index in [-0.39, 0.29) is 0 Å². The van der Waals surface area contributed by atoms with Gasteiger partial charge in [0, 0.05) is 0 Å². The van der Waals surface area contributed by atoms with Crippen molar-refractivity contribution in [2.75, 3.05) is 0 Å². The van der Waals surface area contributed by atoms with E-state index in [9.17, 15) is 0 Å². The third-order valence-corrected chi connectivity index (χ3v) is 7.44. The van der Waals surface area contributed by atoms with Crippen LogP contribution in [0.3, 0.4) is 0 Å². The first-order valence-corrected chi connectivity index (χ1v) is 11.2. The van der Waals surface area contributed by atoms with Crippen molar-refractivity contribution in [2.24, 2.45) is 7.05 Å². The topological polar surface area (TPSA) is 4.93 Å². The average Bonchev–Trinajstić information content (AvgIpc) is 3.21. The van der Waals surface area contributed by atoms with Gasteiger partial charge in [-0.05, 0) is 0 Å². The van der Waals surface area contributed by atoms with Crippen LogP contribution < -0.4 is 0 Å². The maximum atomic E-state index is 3.62. The Kier molecular flexibility index (Phi) is 3.90. The Morgan fingerprint density at radius 2 is 1.62 bits per heavy atom. The summed E-state index contributed by atoms with van der Waals surface area (Å²) in [6.07, 6.45) is 0. The fourth-order valence-corrected chi connectivity index (χ4v) is 6.57. The first-order chi connectivity index (χ1) is 12.7. The fourth-order valence-electron chi connectivity index (χ4n) is 3.80. The number of hydrogen-bond donors (Lipinski definition) is 0. The molecule has 0 amide bonds. The summed E-state index contributed by atoms with van der Waals surface area (Å²) in [6.45, 7) is 0. The number of halogens is 1. The van der Waals surface area contributed by atoms with E-state index in [4.69, 9.17) is 0 Å². The summed E-state index contributed by atoms with van der Waals surface area (Å²) >= 11 is 3.99. The van der Waals surface area contributed by atoms with Crippen molar-refractivity contribution in [2.45, 2.75) is 0 Å². The van der Waals surface area contributed by atoms with Gasteiger partial charge in [0.1, 0.15) is 0 Å². The Hall–Kier alpha value is -2.06. The van der Waals surface area contributed by atoms with Crippen molar-refractivity contribution in [1.82, 2.24) is 4.57 Å². The summed E-state index contributed by atoms with van der Waals surface area (Å²) in [5, 5.41) is 2.70. The summed E-state index contributed by atoms with van der Waals surface area (Å²) in [4.78, 5) is 2.44. The van der Waals surface area contributed by atoms with Gasteiger partial charge in [0.05, 0.1) is 0 Å². The monoisotopic (exact) mass is 465 g/mol. The second-order valence-corrected chi connectivity index (χ2v) is 9.28. The van der Waals surface area contributed by atoms with Crippen molar-refractivity contribution >= 4 is 51.0 Å². The van der Waals surface area contributed by atoms with E-state index in [0.717, 1.165) is 4.47 Å². The van der Waals surface area contributed by atoms with Crippen LogP contribution in [0.2, 0.25) is 0 Å². The zero-order valence-electron chi connectivity index (χ0n) is 14.2. The number of para-hydroxylation sites is 1. The first kappa shape index (κ1) is 16.1. The Labute approximate surface area is 166 Å². The molecule has 5 rings (SSSR count). The van der Waals surface area contributed by atoms with Crippen LogP contribution in [0.25, 0.3) is 42.9 Å². The van der Waals surface area contributed by atoms with Crippen LogP contribution in [0, 0.1) is 0 Å². The van der Waals surface area contributed by atoms with Crippen molar-refractivity contribution in [3.05, 3.63) is 82.2 Å². The van der Waals surface area contributed by atoms with Crippen molar-refractivity contribution in [3.8, 4) is 22.4 Å². The minimum atomic E-state index is 0.374. The predicted molar refractivity (Wildman–Crippen MR) is 116 cm³/mol. The molecule has 0 unspecified atom stereocenters. The molecular formula is C23H16BrNSe. The molecular weight excluding hydrogens is 449 g/mol. The van der Waals surface area contributed by atoms with E-state index in [2.05, 4.69) is 105 Å². The normalized spacial score (nSPS) is 11.5. The molecule has 0 aliphatic heterocycles. The predicted octanol–water partition coefficient (Wildman–Crippen LogP) is 6.49. The molecule has 5 aromatic rings. The van der Waals surface area contributed by atoms with E-state index < -0.39 is 0 Å². The van der Waals surface area contributed by atoms with Gasteiger partial charge in [-0.2, -0.15) is 0 Å². The van der Waals surface area contributed by atoms with Crippen LogP contribution >= 0.6 is 15.9 Å². The average molecular weight is 465 g/mol. The fraction of sp³-hybridized carbons (Fsp3) is 0.0435. The van der Waals surface area contributed by atoms with Gasteiger partial charge in [0.15, 0.2) is 0 Å². The summed E-state index contributed by atoms with van der Waals surface area (Å²) in [5.41, 5.74) is 6.57. The summed E-state index contributed by atoms with van der Waals surface area (Å²) in [5.74, 6) is 0. The summed E-state index contributed by atoms with van der Waals surface area (Å²) in [6, 6.07) is 26.2. The van der Waals surface area contributed by atoms with E-state index >= 15 is 0 Å². The molecule has 0 radical (unpaired) electrons. The number of rotatable bonds is 2. The molecule has 126 valence electrons. The van der Waals surface area contributed by atoms with Crippen LogP contribution in [0.4, 0.5) is 0 Å². The van der Waals surface area contributed by atoms with Gasteiger partial charge >= 0.3 is 167 Å². The molecule has 0 saturated heterocycles. The number of nitrogens with zero attached hydrogens (tertiary/aromatic N) is 1. The van der Waals surface area contributed by atoms with Crippen LogP contribution in [-0.2, 0) is 7.05 Å². The molecule has 0 saturated carbocycles. The summed E-state index contributed by atoms with van der Waals surface area (Å²) < 4.78 is 4.95. The quantitative estimate of drug-likeness (QED) is 0.263. The van der Waals surface area contributed by atoms with Crippen molar-refractivity contribution < 1.29 is 0 Å². The summed E-state index contributed by atoms with van der Waals surface area (Å²) in [7, 11) is 2.18. The van der Waals surface area contributed by atoms with Crippen molar-refractivity contribution in [1.29, 1.82) is 0 Å². The Morgan fingerprint density at radius 1 is 0.846 bits per heavy atom. The number of benzene rings is 3. The first-order valence-electron chi connectivity index (χ1n) is 8.54. The molecule has 2 aromatic heterocycles. The number of aryl methyl sites for hydroxylation is 1. The van der Waals surface area contributed by atoms with Gasteiger partial charge in [-0.1, -0.05) is 0 Å². The van der Waals surface area contributed by atoms with Gasteiger partial charge in [0.25, 0.3) is 0 Å². The zero-order valence-corrected chi connectivity index (χ0v) is 17.5. The Bertz CT molecular complexity index is 1250. The molecule has 2 heterocycles. The van der Waals surface area contributed by atoms with E-state index in [1.54, 1.807) is 0 Å². The van der Waals surface area contributed by atoms with E-state index in [1.165, 1.54) is 42.9 Å². The molecule has 26 heavy (non-hydrogen) atoms. The van der Waals surface area contributed by atoms with Gasteiger partial charge in [-0.3, -0.25) is 0 Å². The third-order valence-electron chi connectivity index (χ3n) is 4.96. The molecule has 0 fully saturated rings. The molecule has 0 aliphatic rings. The number of fused-ring (bicyclic) bond motifs is 2. The van der Waals surface area contributed by atoms with Crippen LogP contribution in [0.1, 0.15) is 0 Å². The molecule has 0 aliphatic carbocycles. The van der Waals surface area contributed by atoms with Gasteiger partial charge in [-0.15, -0.1) is 0 Å². The third kappa shape index (κ3) is 2.43. The van der Waals surface area contributed by atoms with E-state index in [1.807, 2.05) is 0 Å². The Balaban J connectivity index is 1.92. The molecule has 0 atom stereocenters. The van der Waals surface area contributed by atoms with E-state index in [0.29, 0.717) is 14.5 Å². The maximum absolute atomic E-state index is 3.62. The van der Waals surface area contributed by atoms with Crippen LogP contribution in [0.5, 0.6) is 0 Å². The van der Waals surface area contributed by atoms with Crippen molar-refractivity contribution in [3.63, 3.8) is 0 Å². The molecule has 1 nitrogen and oxygen atoms in total. The zero-order chi connectivity index (χ0) is 17.7. The molecule has 3 heteroatoms. The number of hydrogen-bond acceptors (Lipinski definition) is 0. The standard InChI is InChI=1S/C23H16BrNSe/c1-25-20-10-6-5-9-18(20)22(23(25)15-7-3-2-4-8-15)19-14-26-21-13-16(24)11-12-17(19)21/h2-14H,1H3. The Morgan fingerprint density at radius 3 is 2.46 bits per heavy atom. The molecule has 0 spiro atoms. The second kappa shape index (κ2) is 6.28. The molecule has 3 aromatic carbocycles. The molecule has 0 N–H and O–H groups in total. The number of aromatic nitrogens is 1. The second-order valence-electron chi connectivity index (χ2n) is 6.46. The minimum absolute atomic E-state index is 0.374. The van der Waals surface area contributed by atoms with Gasteiger partial charge in [-0.25, -0.2) is 0 Å². The van der Waals surface area contributed by atoms with Crippen LogP contribution in [-0.4, -0.2) is 19.1 Å². The van der Waals surface area contributed by atoms with Gasteiger partial charge < -0.3 is 0 Å². The SMILES string of the molecule is Cn1c(-c2ccccc2)c(-c2c[se]c3cc(Br)ccc23)c2ccccc21. The van der Waals surface area contributed by atoms with Crippen LogP contribution in [0.15, 0.2) is 82.2 Å². The molecule has 0 bridgehead atoms. The van der Waals surface area contributed by atoms with Gasteiger partial charge in [0.2, 0.25) is 0 Å².